The lowest BCUT2D eigenvalue weighted by Crippen LogP contribution is -2.13. The van der Waals surface area contributed by atoms with Crippen LogP contribution in [0, 0.1) is 6.92 Å². The number of aromatic nitrogens is 4. The van der Waals surface area contributed by atoms with Crippen LogP contribution in [0.2, 0.25) is 0 Å². The first-order valence-corrected chi connectivity index (χ1v) is 7.31. The van der Waals surface area contributed by atoms with Crippen molar-refractivity contribution in [2.24, 2.45) is 0 Å². The maximum Gasteiger partial charge on any atom is 0.248 e. The van der Waals surface area contributed by atoms with Crippen molar-refractivity contribution in [2.75, 3.05) is 11.1 Å². The number of nitrogens with one attached hydrogen (secondary N) is 1. The predicted molar refractivity (Wildman–Crippen MR) is 78.9 cm³/mol. The van der Waals surface area contributed by atoms with Crippen molar-refractivity contribution in [3.8, 4) is 0 Å². The number of nitrogen functional groups attached to an aromatic ring is 1. The van der Waals surface area contributed by atoms with Gasteiger partial charge in [0.2, 0.25) is 11.8 Å². The summed E-state index contributed by atoms with van der Waals surface area (Å²) in [4.78, 5) is 12.9. The lowest BCUT2D eigenvalue weighted by Gasteiger charge is -2.15. The third-order valence-electron chi connectivity index (χ3n) is 3.71. The van der Waals surface area contributed by atoms with Gasteiger partial charge in [-0.1, -0.05) is 12.1 Å². The van der Waals surface area contributed by atoms with Crippen LogP contribution >= 0.6 is 0 Å². The number of nitrogens with zero attached hydrogens (tertiary/aromatic N) is 4. The molecule has 0 amide bonds. The lowest BCUT2D eigenvalue weighted by atomic mass is 10.1. The Morgan fingerprint density at radius 2 is 2.10 bits per heavy atom. The Morgan fingerprint density at radius 3 is 2.76 bits per heavy atom. The van der Waals surface area contributed by atoms with Gasteiger partial charge >= 0.3 is 0 Å². The number of rotatable bonds is 5. The van der Waals surface area contributed by atoms with E-state index in [-0.39, 0.29) is 12.0 Å². The minimum absolute atomic E-state index is 0.121. The summed E-state index contributed by atoms with van der Waals surface area (Å²) < 4.78 is 5.34. The van der Waals surface area contributed by atoms with Crippen LogP contribution in [-0.2, 0) is 6.42 Å². The standard InChI is InChI=1S/C14H20N6O/c1-4-10-7(2)17-14(15)19-12(10)16-8(3)13-18-11(20-21-13)9-5-6-9/h8-9H,4-6H2,1-3H3,(H3,15,16,17,19)/t8-/m0/s1. The van der Waals surface area contributed by atoms with Gasteiger partial charge in [0.25, 0.3) is 0 Å². The first kappa shape index (κ1) is 13.8. The Bertz CT molecular complexity index is 649. The van der Waals surface area contributed by atoms with Crippen molar-refractivity contribution < 1.29 is 4.52 Å². The molecule has 0 radical (unpaired) electrons. The summed E-state index contributed by atoms with van der Waals surface area (Å²) in [5, 5.41) is 7.34. The molecule has 2 aromatic heterocycles. The second kappa shape index (κ2) is 5.31. The van der Waals surface area contributed by atoms with E-state index >= 15 is 0 Å². The zero-order chi connectivity index (χ0) is 15.0. The first-order chi connectivity index (χ1) is 10.1. The minimum Gasteiger partial charge on any atom is -0.368 e. The van der Waals surface area contributed by atoms with Crippen molar-refractivity contribution in [2.45, 2.75) is 52.0 Å². The second-order valence-corrected chi connectivity index (χ2v) is 5.48. The highest BCUT2D eigenvalue weighted by atomic mass is 16.5. The van der Waals surface area contributed by atoms with Gasteiger partial charge in [0.1, 0.15) is 11.9 Å². The first-order valence-electron chi connectivity index (χ1n) is 7.31. The van der Waals surface area contributed by atoms with E-state index in [1.165, 1.54) is 0 Å². The molecule has 2 aromatic rings. The molecular weight excluding hydrogens is 268 g/mol. The number of hydrogen-bond acceptors (Lipinski definition) is 7. The predicted octanol–water partition coefficient (Wildman–Crippen LogP) is 2.36. The fourth-order valence-corrected chi connectivity index (χ4v) is 2.36. The van der Waals surface area contributed by atoms with E-state index in [1.54, 1.807) is 0 Å². The maximum absolute atomic E-state index is 5.74. The molecule has 7 heteroatoms. The summed E-state index contributed by atoms with van der Waals surface area (Å²) >= 11 is 0. The number of hydrogen-bond donors (Lipinski definition) is 2. The largest absolute Gasteiger partial charge is 0.368 e. The zero-order valence-corrected chi connectivity index (χ0v) is 12.6. The highest BCUT2D eigenvalue weighted by Crippen LogP contribution is 2.38. The molecule has 0 aromatic carbocycles. The molecule has 0 unspecified atom stereocenters. The molecule has 1 aliphatic carbocycles. The van der Waals surface area contributed by atoms with E-state index in [0.29, 0.717) is 11.8 Å². The number of anilines is 2. The molecule has 2 heterocycles. The molecule has 0 spiro atoms. The molecule has 0 bridgehead atoms. The van der Waals surface area contributed by atoms with Crippen LogP contribution in [0.25, 0.3) is 0 Å². The fraction of sp³-hybridized carbons (Fsp3) is 0.571. The van der Waals surface area contributed by atoms with Gasteiger partial charge in [0, 0.05) is 17.2 Å². The summed E-state index contributed by atoms with van der Waals surface area (Å²) in [7, 11) is 0. The molecular formula is C14H20N6O. The summed E-state index contributed by atoms with van der Waals surface area (Å²) in [5.41, 5.74) is 7.68. The fourth-order valence-electron chi connectivity index (χ4n) is 2.36. The maximum atomic E-state index is 5.74. The monoisotopic (exact) mass is 288 g/mol. The van der Waals surface area contributed by atoms with E-state index in [9.17, 15) is 0 Å². The molecule has 7 nitrogen and oxygen atoms in total. The quantitative estimate of drug-likeness (QED) is 0.870. The Balaban J connectivity index is 1.81. The molecule has 1 aliphatic rings. The average Bonchev–Trinajstić information content (AvgIpc) is 3.16. The van der Waals surface area contributed by atoms with Crippen LogP contribution in [0.15, 0.2) is 4.52 Å². The molecule has 21 heavy (non-hydrogen) atoms. The van der Waals surface area contributed by atoms with E-state index in [4.69, 9.17) is 10.3 Å². The van der Waals surface area contributed by atoms with Gasteiger partial charge in [-0.2, -0.15) is 9.97 Å². The summed E-state index contributed by atoms with van der Waals surface area (Å²) in [6, 6.07) is -0.121. The van der Waals surface area contributed by atoms with Gasteiger partial charge in [-0.25, -0.2) is 4.98 Å². The van der Waals surface area contributed by atoms with Crippen LogP contribution in [0.1, 0.15) is 61.6 Å². The van der Waals surface area contributed by atoms with Crippen LogP contribution in [0.5, 0.6) is 0 Å². The Kier molecular flexibility index (Phi) is 3.48. The van der Waals surface area contributed by atoms with E-state index in [2.05, 4.69) is 32.3 Å². The van der Waals surface area contributed by atoms with Crippen LogP contribution < -0.4 is 11.1 Å². The van der Waals surface area contributed by atoms with Crippen molar-refractivity contribution >= 4 is 11.8 Å². The highest BCUT2D eigenvalue weighted by molar-refractivity contribution is 5.50. The van der Waals surface area contributed by atoms with Gasteiger partial charge in [-0.15, -0.1) is 0 Å². The molecule has 1 saturated carbocycles. The topological polar surface area (TPSA) is 103 Å². The highest BCUT2D eigenvalue weighted by Gasteiger charge is 2.29. The average molecular weight is 288 g/mol. The lowest BCUT2D eigenvalue weighted by molar-refractivity contribution is 0.362. The third kappa shape index (κ3) is 2.81. The molecule has 0 saturated heterocycles. The molecule has 1 atom stereocenters. The van der Waals surface area contributed by atoms with Gasteiger partial charge in [-0.05, 0) is 33.1 Å². The van der Waals surface area contributed by atoms with Crippen molar-refractivity contribution in [3.63, 3.8) is 0 Å². The smallest absolute Gasteiger partial charge is 0.248 e. The van der Waals surface area contributed by atoms with Crippen LogP contribution in [0.4, 0.5) is 11.8 Å². The minimum atomic E-state index is -0.121. The summed E-state index contributed by atoms with van der Waals surface area (Å²) in [6.07, 6.45) is 3.14. The molecule has 3 rings (SSSR count). The molecule has 0 aliphatic heterocycles. The Labute approximate surface area is 123 Å². The SMILES string of the molecule is CCc1c(C)nc(N)nc1N[C@@H](C)c1nc(C2CC2)no1. The van der Waals surface area contributed by atoms with Crippen molar-refractivity contribution in [1.29, 1.82) is 0 Å². The zero-order valence-electron chi connectivity index (χ0n) is 12.6. The van der Waals surface area contributed by atoms with Crippen LogP contribution in [0.3, 0.4) is 0 Å². The molecule has 112 valence electrons. The van der Waals surface area contributed by atoms with E-state index in [0.717, 1.165) is 42.2 Å². The summed E-state index contributed by atoms with van der Waals surface area (Å²) in [5.74, 6) is 2.88. The molecule has 3 N–H and O–H groups in total. The van der Waals surface area contributed by atoms with Gasteiger partial charge in [0.15, 0.2) is 5.82 Å². The van der Waals surface area contributed by atoms with Gasteiger partial charge < -0.3 is 15.6 Å². The second-order valence-electron chi connectivity index (χ2n) is 5.48. The number of aryl methyl sites for hydroxylation is 1. The van der Waals surface area contributed by atoms with Gasteiger partial charge in [-0.3, -0.25) is 0 Å². The van der Waals surface area contributed by atoms with Crippen molar-refractivity contribution in [3.05, 3.63) is 23.0 Å². The Hall–Kier alpha value is -2.18. The normalized spacial score (nSPS) is 16.0. The molecule has 1 fully saturated rings. The Morgan fingerprint density at radius 1 is 1.33 bits per heavy atom. The third-order valence-corrected chi connectivity index (χ3v) is 3.71. The van der Waals surface area contributed by atoms with Gasteiger partial charge in [0.05, 0.1) is 0 Å². The van der Waals surface area contributed by atoms with Crippen LogP contribution in [-0.4, -0.2) is 20.1 Å². The van der Waals surface area contributed by atoms with Crippen molar-refractivity contribution in [1.82, 2.24) is 20.1 Å². The van der Waals surface area contributed by atoms with E-state index < -0.39 is 0 Å². The van der Waals surface area contributed by atoms with E-state index in [1.807, 2.05) is 13.8 Å². The number of nitrogens with two attached hydrogens (primary N) is 1. The summed E-state index contributed by atoms with van der Waals surface area (Å²) in [6.45, 7) is 5.97.